The largest absolute Gasteiger partial charge is 0.497 e. The van der Waals surface area contributed by atoms with Gasteiger partial charge in [0.25, 0.3) is 0 Å². The Hall–Kier alpha value is -1.46. The first kappa shape index (κ1) is 12.6. The van der Waals surface area contributed by atoms with Gasteiger partial charge < -0.3 is 4.74 Å². The summed E-state index contributed by atoms with van der Waals surface area (Å²) in [6.45, 7) is 2.87. The molecule has 0 aliphatic heterocycles. The molecule has 0 bridgehead atoms. The minimum absolute atomic E-state index is 0.449. The van der Waals surface area contributed by atoms with E-state index in [0.29, 0.717) is 12.6 Å². The van der Waals surface area contributed by atoms with Gasteiger partial charge in [0.15, 0.2) is 0 Å². The lowest BCUT2D eigenvalue weighted by atomic mass is 10.1. The first-order chi connectivity index (χ1) is 7.67. The fraction of sp³-hybridized carbons (Fsp3) is 0.429. The summed E-state index contributed by atoms with van der Waals surface area (Å²) in [5.74, 6) is 3.55. The van der Waals surface area contributed by atoms with Crippen molar-refractivity contribution >= 4 is 0 Å². The maximum absolute atomic E-state index is 5.29. The molecule has 0 amide bonds. The van der Waals surface area contributed by atoms with Crippen molar-refractivity contribution in [2.75, 3.05) is 20.7 Å². The molecule has 0 aliphatic carbocycles. The van der Waals surface area contributed by atoms with Crippen molar-refractivity contribution in [2.45, 2.75) is 19.4 Å². The monoisotopic (exact) mass is 217 g/mol. The summed E-state index contributed by atoms with van der Waals surface area (Å²) in [6.07, 6.45) is 6.29. The number of terminal acetylenes is 1. The second-order valence-corrected chi connectivity index (χ2v) is 4.02. The van der Waals surface area contributed by atoms with Crippen molar-refractivity contribution < 1.29 is 4.74 Å². The van der Waals surface area contributed by atoms with Crippen LogP contribution in [0, 0.1) is 12.3 Å². The first-order valence-electron chi connectivity index (χ1n) is 5.44. The zero-order chi connectivity index (χ0) is 12.0. The maximum Gasteiger partial charge on any atom is 0.118 e. The number of nitrogens with zero attached hydrogens (tertiary/aromatic N) is 1. The third-order valence-corrected chi connectivity index (χ3v) is 2.78. The van der Waals surface area contributed by atoms with Gasteiger partial charge in [-0.2, -0.15) is 0 Å². The topological polar surface area (TPSA) is 12.5 Å². The van der Waals surface area contributed by atoms with E-state index < -0.39 is 0 Å². The van der Waals surface area contributed by atoms with Crippen LogP contribution < -0.4 is 4.74 Å². The van der Waals surface area contributed by atoms with Crippen LogP contribution in [-0.4, -0.2) is 31.6 Å². The van der Waals surface area contributed by atoms with Crippen LogP contribution in [0.5, 0.6) is 5.75 Å². The molecule has 0 heterocycles. The molecule has 0 spiro atoms. The molecule has 0 radical (unpaired) electrons. The van der Waals surface area contributed by atoms with Crippen LogP contribution in [0.15, 0.2) is 24.3 Å². The SMILES string of the molecule is C#CCN(C)C(C)Cc1ccc(OC)cc1. The molecule has 1 aromatic carbocycles. The second-order valence-electron chi connectivity index (χ2n) is 4.02. The van der Waals surface area contributed by atoms with E-state index in [9.17, 15) is 0 Å². The standard InChI is InChI=1S/C14H19NO/c1-5-10-15(3)12(2)11-13-6-8-14(16-4)9-7-13/h1,6-9,12H,10-11H2,2-4H3. The molecular formula is C14H19NO. The second kappa shape index (κ2) is 6.19. The maximum atomic E-state index is 5.29. The van der Waals surface area contributed by atoms with E-state index in [-0.39, 0.29) is 0 Å². The summed E-state index contributed by atoms with van der Waals surface area (Å²) in [5.41, 5.74) is 1.30. The van der Waals surface area contributed by atoms with E-state index in [2.05, 4.69) is 29.9 Å². The lowest BCUT2D eigenvalue weighted by Gasteiger charge is -2.22. The fourth-order valence-electron chi connectivity index (χ4n) is 1.56. The smallest absolute Gasteiger partial charge is 0.118 e. The van der Waals surface area contributed by atoms with Crippen LogP contribution in [0.25, 0.3) is 0 Å². The average molecular weight is 217 g/mol. The van der Waals surface area contributed by atoms with Crippen LogP contribution in [0.4, 0.5) is 0 Å². The summed E-state index contributed by atoms with van der Waals surface area (Å²) in [5, 5.41) is 0. The number of rotatable bonds is 5. The Labute approximate surface area is 98.2 Å². The summed E-state index contributed by atoms with van der Waals surface area (Å²) < 4.78 is 5.12. The van der Waals surface area contributed by atoms with Gasteiger partial charge in [-0.05, 0) is 38.1 Å². The number of ether oxygens (including phenoxy) is 1. The summed E-state index contributed by atoms with van der Waals surface area (Å²) in [6, 6.07) is 8.62. The third-order valence-electron chi connectivity index (χ3n) is 2.78. The Kier molecular flexibility index (Phi) is 4.88. The van der Waals surface area contributed by atoms with E-state index in [4.69, 9.17) is 11.2 Å². The number of likely N-dealkylation sites (N-methyl/N-ethyl adjacent to an activating group) is 1. The highest BCUT2D eigenvalue weighted by atomic mass is 16.5. The van der Waals surface area contributed by atoms with Crippen LogP contribution in [0.1, 0.15) is 12.5 Å². The van der Waals surface area contributed by atoms with Crippen molar-refractivity contribution in [3.05, 3.63) is 29.8 Å². The molecule has 0 saturated carbocycles. The Balaban J connectivity index is 2.56. The van der Waals surface area contributed by atoms with Crippen LogP contribution in [0.2, 0.25) is 0 Å². The Morgan fingerprint density at radius 1 is 1.38 bits per heavy atom. The lowest BCUT2D eigenvalue weighted by molar-refractivity contribution is 0.287. The highest BCUT2D eigenvalue weighted by Gasteiger charge is 2.08. The van der Waals surface area contributed by atoms with Gasteiger partial charge in [-0.1, -0.05) is 18.1 Å². The van der Waals surface area contributed by atoms with Crippen molar-refractivity contribution in [2.24, 2.45) is 0 Å². The molecule has 16 heavy (non-hydrogen) atoms. The van der Waals surface area contributed by atoms with Crippen molar-refractivity contribution in [1.29, 1.82) is 0 Å². The van der Waals surface area contributed by atoms with E-state index in [1.807, 2.05) is 19.2 Å². The number of hydrogen-bond donors (Lipinski definition) is 0. The molecule has 86 valence electrons. The minimum Gasteiger partial charge on any atom is -0.497 e. The van der Waals surface area contributed by atoms with Crippen molar-refractivity contribution in [3.8, 4) is 18.1 Å². The van der Waals surface area contributed by atoms with Crippen molar-refractivity contribution in [1.82, 2.24) is 4.90 Å². The number of methoxy groups -OCH3 is 1. The van der Waals surface area contributed by atoms with Gasteiger partial charge in [-0.3, -0.25) is 4.90 Å². The number of benzene rings is 1. The molecule has 1 unspecified atom stereocenters. The van der Waals surface area contributed by atoms with Gasteiger partial charge >= 0.3 is 0 Å². The lowest BCUT2D eigenvalue weighted by Crippen LogP contribution is -2.31. The predicted molar refractivity (Wildman–Crippen MR) is 67.6 cm³/mol. The molecule has 0 aromatic heterocycles. The minimum atomic E-state index is 0.449. The van der Waals surface area contributed by atoms with E-state index in [0.717, 1.165) is 12.2 Å². The van der Waals surface area contributed by atoms with Gasteiger partial charge in [0.2, 0.25) is 0 Å². The van der Waals surface area contributed by atoms with Gasteiger partial charge in [0.05, 0.1) is 13.7 Å². The molecule has 2 heteroatoms. The molecule has 1 rings (SSSR count). The third kappa shape index (κ3) is 3.60. The Morgan fingerprint density at radius 3 is 2.50 bits per heavy atom. The first-order valence-corrected chi connectivity index (χ1v) is 5.44. The van der Waals surface area contributed by atoms with Gasteiger partial charge in [-0.15, -0.1) is 6.42 Å². The molecule has 0 aliphatic rings. The molecule has 2 nitrogen and oxygen atoms in total. The molecule has 1 aromatic rings. The summed E-state index contributed by atoms with van der Waals surface area (Å²) >= 11 is 0. The highest BCUT2D eigenvalue weighted by molar-refractivity contribution is 5.27. The van der Waals surface area contributed by atoms with Crippen LogP contribution in [-0.2, 0) is 6.42 Å². The summed E-state index contributed by atoms with van der Waals surface area (Å²) in [4.78, 5) is 2.17. The molecular weight excluding hydrogens is 198 g/mol. The van der Waals surface area contributed by atoms with Crippen LogP contribution >= 0.6 is 0 Å². The zero-order valence-electron chi connectivity index (χ0n) is 10.2. The Morgan fingerprint density at radius 2 is 2.00 bits per heavy atom. The normalized spacial score (nSPS) is 12.2. The molecule has 0 saturated heterocycles. The zero-order valence-corrected chi connectivity index (χ0v) is 10.2. The van der Waals surface area contributed by atoms with Crippen LogP contribution in [0.3, 0.4) is 0 Å². The Bertz CT molecular complexity index is 350. The van der Waals surface area contributed by atoms with Crippen molar-refractivity contribution in [3.63, 3.8) is 0 Å². The van der Waals surface area contributed by atoms with E-state index in [1.165, 1.54) is 5.56 Å². The quantitative estimate of drug-likeness (QED) is 0.701. The number of hydrogen-bond acceptors (Lipinski definition) is 2. The van der Waals surface area contributed by atoms with Gasteiger partial charge in [0.1, 0.15) is 5.75 Å². The summed E-state index contributed by atoms with van der Waals surface area (Å²) in [7, 11) is 3.73. The van der Waals surface area contributed by atoms with E-state index >= 15 is 0 Å². The van der Waals surface area contributed by atoms with Gasteiger partial charge in [-0.25, -0.2) is 0 Å². The average Bonchev–Trinajstić information content (AvgIpc) is 2.30. The van der Waals surface area contributed by atoms with Gasteiger partial charge in [0, 0.05) is 6.04 Å². The predicted octanol–water partition coefficient (Wildman–Crippen LogP) is 2.19. The molecule has 0 N–H and O–H groups in total. The fourth-order valence-corrected chi connectivity index (χ4v) is 1.56. The molecule has 0 fully saturated rings. The van der Waals surface area contributed by atoms with E-state index in [1.54, 1.807) is 7.11 Å². The highest BCUT2D eigenvalue weighted by Crippen LogP contribution is 2.13. The molecule has 1 atom stereocenters.